The number of hydrogen-bond donors (Lipinski definition) is 1. The molecule has 0 atom stereocenters. The number of hydrogen-bond acceptors (Lipinski definition) is 4. The number of fused-ring (bicyclic) bond motifs is 1. The van der Waals surface area contributed by atoms with E-state index in [-0.39, 0.29) is 5.41 Å². The molecule has 1 aliphatic heterocycles. The Hall–Kier alpha value is -4.06. The summed E-state index contributed by atoms with van der Waals surface area (Å²) in [6.45, 7) is 17.6. The predicted octanol–water partition coefficient (Wildman–Crippen LogP) is 7.15. The highest BCUT2D eigenvalue weighted by atomic mass is 16.5. The van der Waals surface area contributed by atoms with E-state index in [0.29, 0.717) is 18.1 Å². The van der Waals surface area contributed by atoms with Gasteiger partial charge in [0, 0.05) is 41.9 Å². The molecule has 0 unspecified atom stereocenters. The molecule has 0 spiro atoms. The molecule has 0 fully saturated rings. The molecule has 1 amide bonds. The van der Waals surface area contributed by atoms with Gasteiger partial charge in [-0.1, -0.05) is 71.0 Å². The third kappa shape index (κ3) is 5.74. The predicted molar refractivity (Wildman–Crippen MR) is 167 cm³/mol. The van der Waals surface area contributed by atoms with Crippen molar-refractivity contribution >= 4 is 11.6 Å². The Morgan fingerprint density at radius 2 is 1.76 bits per heavy atom. The number of ether oxygens (including phenoxy) is 1. The molecule has 1 aliphatic rings. The van der Waals surface area contributed by atoms with Crippen molar-refractivity contribution in [2.45, 2.75) is 66.8 Å². The summed E-state index contributed by atoms with van der Waals surface area (Å²) in [5.74, 6) is 0.783. The van der Waals surface area contributed by atoms with Crippen LogP contribution in [0.25, 0.3) is 16.9 Å². The Morgan fingerprint density at radius 3 is 2.41 bits per heavy atom. The van der Waals surface area contributed by atoms with Gasteiger partial charge in [-0.15, -0.1) is 0 Å². The first kappa shape index (κ1) is 28.5. The molecule has 41 heavy (non-hydrogen) atoms. The Balaban J connectivity index is 1.67. The highest BCUT2D eigenvalue weighted by Gasteiger charge is 2.29. The van der Waals surface area contributed by atoms with Crippen molar-refractivity contribution in [1.82, 2.24) is 9.78 Å². The zero-order valence-corrected chi connectivity index (χ0v) is 25.4. The second-order valence-electron chi connectivity index (χ2n) is 12.7. The van der Waals surface area contributed by atoms with Gasteiger partial charge in [0.1, 0.15) is 11.4 Å². The maximum Gasteiger partial charge on any atom is 0.248 e. The zero-order chi connectivity index (χ0) is 29.5. The fraction of sp³-hybridized carbons (Fsp3) is 0.371. The lowest BCUT2D eigenvalue weighted by Crippen LogP contribution is -2.31. The van der Waals surface area contributed by atoms with E-state index in [1.165, 1.54) is 22.4 Å². The average Bonchev–Trinajstić information content (AvgIpc) is 3.29. The number of para-hydroxylation sites is 1. The van der Waals surface area contributed by atoms with Gasteiger partial charge in [-0.2, -0.15) is 5.10 Å². The molecule has 1 aromatic heterocycles. The number of benzene rings is 3. The number of aryl methyl sites for hydroxylation is 2. The van der Waals surface area contributed by atoms with Crippen molar-refractivity contribution in [1.29, 1.82) is 0 Å². The van der Waals surface area contributed by atoms with Gasteiger partial charge in [0.15, 0.2) is 0 Å². The third-order valence-corrected chi connectivity index (χ3v) is 7.88. The fourth-order valence-electron chi connectivity index (χ4n) is 5.52. The molecule has 2 heterocycles. The molecule has 214 valence electrons. The first-order chi connectivity index (χ1) is 19.4. The summed E-state index contributed by atoms with van der Waals surface area (Å²) in [4.78, 5) is 14.3. The molecule has 0 aliphatic carbocycles. The number of rotatable bonds is 7. The van der Waals surface area contributed by atoms with Gasteiger partial charge in [0.05, 0.1) is 18.0 Å². The van der Waals surface area contributed by atoms with Gasteiger partial charge in [0.2, 0.25) is 5.91 Å². The number of anilines is 1. The van der Waals surface area contributed by atoms with Crippen LogP contribution in [0.2, 0.25) is 0 Å². The number of carbonyl (C=O) groups is 1. The van der Waals surface area contributed by atoms with Gasteiger partial charge in [-0.25, -0.2) is 4.68 Å². The molecule has 6 nitrogen and oxygen atoms in total. The van der Waals surface area contributed by atoms with Gasteiger partial charge < -0.3 is 15.4 Å². The van der Waals surface area contributed by atoms with Crippen LogP contribution < -0.4 is 15.4 Å². The van der Waals surface area contributed by atoms with E-state index in [1.807, 2.05) is 24.3 Å². The number of primary amides is 1. The van der Waals surface area contributed by atoms with Gasteiger partial charge in [-0.05, 0) is 66.1 Å². The minimum absolute atomic E-state index is 0.0683. The van der Waals surface area contributed by atoms with Crippen molar-refractivity contribution in [2.24, 2.45) is 11.7 Å². The van der Waals surface area contributed by atoms with Crippen molar-refractivity contribution in [2.75, 3.05) is 18.1 Å². The zero-order valence-electron chi connectivity index (χ0n) is 25.4. The van der Waals surface area contributed by atoms with E-state index < -0.39 is 5.91 Å². The maximum absolute atomic E-state index is 11.8. The lowest BCUT2D eigenvalue weighted by atomic mass is 9.86. The molecule has 4 aromatic rings. The second kappa shape index (κ2) is 11.1. The summed E-state index contributed by atoms with van der Waals surface area (Å²) in [5, 5.41) is 5.23. The van der Waals surface area contributed by atoms with Crippen LogP contribution in [0.1, 0.15) is 72.9 Å². The minimum Gasteiger partial charge on any atom is -0.491 e. The quantitative estimate of drug-likeness (QED) is 0.265. The van der Waals surface area contributed by atoms with Crippen LogP contribution in [0, 0.1) is 19.8 Å². The molecule has 0 saturated carbocycles. The smallest absolute Gasteiger partial charge is 0.248 e. The molecule has 0 radical (unpaired) electrons. The van der Waals surface area contributed by atoms with Gasteiger partial charge in [0.25, 0.3) is 0 Å². The van der Waals surface area contributed by atoms with E-state index in [0.717, 1.165) is 53.5 Å². The molecule has 6 heteroatoms. The SMILES string of the molecule is Cc1ccc(C(C)(C)C)cc1N1CCc2nn(-c3c(C)cccc3OCC(C)C)c(-c3ccc(C(N)=O)cc3)c2C1. The highest BCUT2D eigenvalue weighted by molar-refractivity contribution is 5.93. The maximum atomic E-state index is 11.8. The van der Waals surface area contributed by atoms with Crippen LogP contribution in [0.5, 0.6) is 5.75 Å². The number of carbonyl (C=O) groups excluding carboxylic acids is 1. The van der Waals surface area contributed by atoms with E-state index in [9.17, 15) is 4.79 Å². The van der Waals surface area contributed by atoms with Crippen LogP contribution in [-0.2, 0) is 18.4 Å². The van der Waals surface area contributed by atoms with Crippen LogP contribution in [-0.4, -0.2) is 28.8 Å². The number of amides is 1. The normalized spacial score (nSPS) is 13.4. The van der Waals surface area contributed by atoms with Crippen molar-refractivity contribution in [3.8, 4) is 22.7 Å². The van der Waals surface area contributed by atoms with Crippen LogP contribution in [0.4, 0.5) is 5.69 Å². The first-order valence-electron chi connectivity index (χ1n) is 14.5. The standard InChI is InChI=1S/C35H42N4O2/c1-22(2)21-41-31-10-8-9-24(4)32(31)39-33(25-12-14-26(15-13-25)34(36)40)28-20-38(18-17-29(28)37-39)30-19-27(35(5,6)7)16-11-23(30)3/h8-16,19,22H,17-18,20-21H2,1-7H3,(H2,36,40). The Kier molecular flexibility index (Phi) is 7.69. The molecule has 0 bridgehead atoms. The lowest BCUT2D eigenvalue weighted by Gasteiger charge is -2.32. The van der Waals surface area contributed by atoms with Crippen LogP contribution >= 0.6 is 0 Å². The highest BCUT2D eigenvalue weighted by Crippen LogP contribution is 2.39. The fourth-order valence-corrected chi connectivity index (χ4v) is 5.52. The Labute approximate surface area is 244 Å². The lowest BCUT2D eigenvalue weighted by molar-refractivity contribution is 0.100. The van der Waals surface area contributed by atoms with Gasteiger partial charge >= 0.3 is 0 Å². The van der Waals surface area contributed by atoms with E-state index >= 15 is 0 Å². The first-order valence-corrected chi connectivity index (χ1v) is 14.5. The number of aromatic nitrogens is 2. The van der Waals surface area contributed by atoms with E-state index in [2.05, 4.69) is 82.3 Å². The molecule has 3 aromatic carbocycles. The monoisotopic (exact) mass is 550 g/mol. The molecular weight excluding hydrogens is 508 g/mol. The summed E-state index contributed by atoms with van der Waals surface area (Å²) in [6.07, 6.45) is 0.835. The molecule has 5 rings (SSSR count). The topological polar surface area (TPSA) is 73.4 Å². The average molecular weight is 551 g/mol. The van der Waals surface area contributed by atoms with Crippen LogP contribution in [0.3, 0.4) is 0 Å². The molecule has 0 saturated heterocycles. The summed E-state index contributed by atoms with van der Waals surface area (Å²) in [5.41, 5.74) is 16.3. The summed E-state index contributed by atoms with van der Waals surface area (Å²) in [7, 11) is 0. The summed E-state index contributed by atoms with van der Waals surface area (Å²) >= 11 is 0. The summed E-state index contributed by atoms with van der Waals surface area (Å²) < 4.78 is 8.39. The third-order valence-electron chi connectivity index (χ3n) is 7.88. The van der Waals surface area contributed by atoms with Crippen molar-refractivity contribution in [3.05, 3.63) is 94.2 Å². The second-order valence-corrected chi connectivity index (χ2v) is 12.7. The summed E-state index contributed by atoms with van der Waals surface area (Å²) in [6, 6.07) is 20.6. The van der Waals surface area contributed by atoms with Crippen LogP contribution in [0.15, 0.2) is 60.7 Å². The van der Waals surface area contributed by atoms with Crippen molar-refractivity contribution in [3.63, 3.8) is 0 Å². The number of nitrogens with zero attached hydrogens (tertiary/aromatic N) is 3. The molecular formula is C35H42N4O2. The minimum atomic E-state index is -0.434. The Morgan fingerprint density at radius 1 is 1.02 bits per heavy atom. The Bertz CT molecular complexity index is 1580. The van der Waals surface area contributed by atoms with Gasteiger partial charge in [-0.3, -0.25) is 4.79 Å². The van der Waals surface area contributed by atoms with E-state index in [1.54, 1.807) is 12.1 Å². The molecule has 2 N–H and O–H groups in total. The number of nitrogens with two attached hydrogens (primary N) is 1. The van der Waals surface area contributed by atoms with E-state index in [4.69, 9.17) is 15.6 Å². The van der Waals surface area contributed by atoms with Crippen molar-refractivity contribution < 1.29 is 9.53 Å². The largest absolute Gasteiger partial charge is 0.491 e.